The van der Waals surface area contributed by atoms with Gasteiger partial charge in [-0.3, -0.25) is 9.08 Å². The molecule has 0 aromatic carbocycles. The number of nitrogens with one attached hydrogen (secondary N) is 1. The van der Waals surface area contributed by atoms with E-state index in [1.165, 1.54) is 0 Å². The van der Waals surface area contributed by atoms with Gasteiger partial charge in [-0.1, -0.05) is 0 Å². The molecular weight excluding hydrogens is 230 g/mol. The fraction of sp³-hybridized carbons (Fsp3) is 0.273. The van der Waals surface area contributed by atoms with Gasteiger partial charge in [-0.15, -0.1) is 10.2 Å². The largest absolute Gasteiger partial charge is 0.363 e. The summed E-state index contributed by atoms with van der Waals surface area (Å²) < 4.78 is 3.67. The highest BCUT2D eigenvalue weighted by Crippen LogP contribution is 2.12. The molecule has 7 nitrogen and oxygen atoms in total. The Bertz CT molecular complexity index is 682. The van der Waals surface area contributed by atoms with Gasteiger partial charge in [0.15, 0.2) is 5.82 Å². The van der Waals surface area contributed by atoms with Gasteiger partial charge in [0.1, 0.15) is 6.33 Å². The molecule has 0 aliphatic heterocycles. The zero-order valence-corrected chi connectivity index (χ0v) is 10.2. The Kier molecular flexibility index (Phi) is 2.44. The smallest absolute Gasteiger partial charge is 0.203 e. The average molecular weight is 243 g/mol. The Morgan fingerprint density at radius 1 is 1.39 bits per heavy atom. The molecule has 7 heteroatoms. The van der Waals surface area contributed by atoms with Crippen molar-refractivity contribution in [3.05, 3.63) is 36.2 Å². The second kappa shape index (κ2) is 4.10. The summed E-state index contributed by atoms with van der Waals surface area (Å²) in [5.74, 6) is 0.721. The van der Waals surface area contributed by atoms with Crippen LogP contribution in [0.5, 0.6) is 0 Å². The Balaban J connectivity index is 1.85. The van der Waals surface area contributed by atoms with Crippen LogP contribution in [0.3, 0.4) is 0 Å². The SMILES string of the molecule is Cc1c(CNc2nccn3cnnc23)cnn1C. The standard InChI is InChI=1S/C11H13N7/c1-8-9(6-15-17(8)2)5-13-10-11-16-14-7-18(11)4-3-12-10/h3-4,6-7H,5H2,1-2H3,(H,12,13). The maximum atomic E-state index is 4.27. The third kappa shape index (κ3) is 1.69. The van der Waals surface area contributed by atoms with E-state index >= 15 is 0 Å². The predicted molar refractivity (Wildman–Crippen MR) is 66.1 cm³/mol. The van der Waals surface area contributed by atoms with E-state index in [0.717, 1.165) is 22.7 Å². The van der Waals surface area contributed by atoms with Crippen molar-refractivity contribution in [2.75, 3.05) is 5.32 Å². The van der Waals surface area contributed by atoms with Gasteiger partial charge in [-0.05, 0) is 6.92 Å². The van der Waals surface area contributed by atoms with E-state index in [1.54, 1.807) is 12.5 Å². The zero-order chi connectivity index (χ0) is 12.5. The lowest BCUT2D eigenvalue weighted by Crippen LogP contribution is -2.04. The summed E-state index contributed by atoms with van der Waals surface area (Å²) in [6.07, 6.45) is 7.04. The van der Waals surface area contributed by atoms with E-state index in [0.29, 0.717) is 6.54 Å². The van der Waals surface area contributed by atoms with Crippen LogP contribution in [0.1, 0.15) is 11.3 Å². The molecule has 1 N–H and O–H groups in total. The summed E-state index contributed by atoms with van der Waals surface area (Å²) >= 11 is 0. The van der Waals surface area contributed by atoms with E-state index in [1.807, 2.05) is 35.4 Å². The number of aromatic nitrogens is 6. The summed E-state index contributed by atoms with van der Waals surface area (Å²) in [5, 5.41) is 15.3. The van der Waals surface area contributed by atoms with Crippen LogP contribution in [0.4, 0.5) is 5.82 Å². The van der Waals surface area contributed by atoms with Gasteiger partial charge in [0.2, 0.25) is 5.65 Å². The average Bonchev–Trinajstić information content (AvgIpc) is 2.97. The molecule has 0 aliphatic rings. The fourth-order valence-corrected chi connectivity index (χ4v) is 1.78. The monoisotopic (exact) mass is 243 g/mol. The van der Waals surface area contributed by atoms with Crippen molar-refractivity contribution in [3.63, 3.8) is 0 Å². The highest BCUT2D eigenvalue weighted by molar-refractivity contribution is 5.61. The molecule has 0 bridgehead atoms. The van der Waals surface area contributed by atoms with Crippen molar-refractivity contribution in [1.29, 1.82) is 0 Å². The molecule has 0 saturated carbocycles. The molecule has 0 spiro atoms. The number of anilines is 1. The van der Waals surface area contributed by atoms with Crippen LogP contribution in [0.25, 0.3) is 5.65 Å². The Labute approximate surface area is 103 Å². The quantitative estimate of drug-likeness (QED) is 0.736. The van der Waals surface area contributed by atoms with Crippen LogP contribution in [0.2, 0.25) is 0 Å². The van der Waals surface area contributed by atoms with Crippen molar-refractivity contribution < 1.29 is 0 Å². The van der Waals surface area contributed by atoms with Crippen molar-refractivity contribution in [2.45, 2.75) is 13.5 Å². The molecule has 0 fully saturated rings. The van der Waals surface area contributed by atoms with Gasteiger partial charge in [0.05, 0.1) is 6.20 Å². The molecule has 3 aromatic rings. The van der Waals surface area contributed by atoms with Crippen molar-refractivity contribution >= 4 is 11.5 Å². The van der Waals surface area contributed by atoms with Crippen molar-refractivity contribution in [2.24, 2.45) is 7.05 Å². The Hall–Kier alpha value is -2.44. The molecule has 92 valence electrons. The maximum absolute atomic E-state index is 4.27. The molecule has 3 aromatic heterocycles. The molecule has 0 atom stereocenters. The minimum atomic E-state index is 0.666. The van der Waals surface area contributed by atoms with Crippen LogP contribution in [0, 0.1) is 6.92 Å². The molecule has 0 amide bonds. The maximum Gasteiger partial charge on any atom is 0.203 e. The lowest BCUT2D eigenvalue weighted by molar-refractivity contribution is 0.738. The minimum absolute atomic E-state index is 0.666. The van der Waals surface area contributed by atoms with E-state index in [2.05, 4.69) is 25.6 Å². The minimum Gasteiger partial charge on any atom is -0.363 e. The van der Waals surface area contributed by atoms with Crippen LogP contribution in [0.15, 0.2) is 24.9 Å². The molecule has 0 radical (unpaired) electrons. The van der Waals surface area contributed by atoms with Gasteiger partial charge < -0.3 is 5.32 Å². The number of hydrogen-bond acceptors (Lipinski definition) is 5. The third-order valence-electron chi connectivity index (χ3n) is 3.00. The van der Waals surface area contributed by atoms with Crippen LogP contribution in [-0.2, 0) is 13.6 Å². The Morgan fingerprint density at radius 3 is 3.06 bits per heavy atom. The summed E-state index contributed by atoms with van der Waals surface area (Å²) in [4.78, 5) is 4.27. The van der Waals surface area contributed by atoms with Gasteiger partial charge in [0, 0.05) is 37.2 Å². The number of fused-ring (bicyclic) bond motifs is 1. The highest BCUT2D eigenvalue weighted by atomic mass is 15.3. The number of nitrogens with zero attached hydrogens (tertiary/aromatic N) is 6. The first-order chi connectivity index (χ1) is 8.75. The van der Waals surface area contributed by atoms with Crippen LogP contribution in [-0.4, -0.2) is 29.4 Å². The number of rotatable bonds is 3. The van der Waals surface area contributed by atoms with E-state index < -0.39 is 0 Å². The molecule has 0 unspecified atom stereocenters. The molecular formula is C11H13N7. The van der Waals surface area contributed by atoms with Crippen LogP contribution < -0.4 is 5.32 Å². The molecule has 18 heavy (non-hydrogen) atoms. The van der Waals surface area contributed by atoms with Crippen molar-refractivity contribution in [1.82, 2.24) is 29.4 Å². The second-order valence-electron chi connectivity index (χ2n) is 4.07. The first-order valence-corrected chi connectivity index (χ1v) is 5.61. The third-order valence-corrected chi connectivity index (χ3v) is 3.00. The summed E-state index contributed by atoms with van der Waals surface area (Å²) in [7, 11) is 1.93. The van der Waals surface area contributed by atoms with Crippen LogP contribution >= 0.6 is 0 Å². The fourth-order valence-electron chi connectivity index (χ4n) is 1.78. The van der Waals surface area contributed by atoms with Gasteiger partial charge in [-0.25, -0.2) is 4.98 Å². The summed E-state index contributed by atoms with van der Waals surface area (Å²) in [5.41, 5.74) is 3.00. The van der Waals surface area contributed by atoms with Gasteiger partial charge in [0.25, 0.3) is 0 Å². The first kappa shape index (κ1) is 10.7. The van der Waals surface area contributed by atoms with E-state index in [9.17, 15) is 0 Å². The van der Waals surface area contributed by atoms with Gasteiger partial charge >= 0.3 is 0 Å². The second-order valence-corrected chi connectivity index (χ2v) is 4.07. The normalized spacial score (nSPS) is 11.0. The molecule has 0 aliphatic carbocycles. The molecule has 3 rings (SSSR count). The van der Waals surface area contributed by atoms with E-state index in [4.69, 9.17) is 0 Å². The Morgan fingerprint density at radius 2 is 2.28 bits per heavy atom. The molecule has 3 heterocycles. The predicted octanol–water partition coefficient (Wildman–Crippen LogP) is 0.778. The lowest BCUT2D eigenvalue weighted by atomic mass is 10.2. The van der Waals surface area contributed by atoms with E-state index in [-0.39, 0.29) is 0 Å². The van der Waals surface area contributed by atoms with Crippen molar-refractivity contribution in [3.8, 4) is 0 Å². The number of hydrogen-bond donors (Lipinski definition) is 1. The highest BCUT2D eigenvalue weighted by Gasteiger charge is 2.07. The van der Waals surface area contributed by atoms with Gasteiger partial charge in [-0.2, -0.15) is 5.10 Å². The topological polar surface area (TPSA) is 72.9 Å². The molecule has 0 saturated heterocycles. The zero-order valence-electron chi connectivity index (χ0n) is 10.2. The first-order valence-electron chi connectivity index (χ1n) is 5.61. The lowest BCUT2D eigenvalue weighted by Gasteiger charge is -2.05. The number of aryl methyl sites for hydroxylation is 1. The summed E-state index contributed by atoms with van der Waals surface area (Å²) in [6, 6.07) is 0. The summed E-state index contributed by atoms with van der Waals surface area (Å²) in [6.45, 7) is 2.70.